The average molecular weight is 279 g/mol. The smallest absolute Gasteiger partial charge is 0.322 e. The van der Waals surface area contributed by atoms with Crippen molar-refractivity contribution in [2.75, 3.05) is 26.2 Å². The number of nitrogens with one attached hydrogen (secondary N) is 1. The number of likely N-dealkylation sites (tertiary alicyclic amines) is 1. The lowest BCUT2D eigenvalue weighted by molar-refractivity contribution is -0.138. The number of carboxylic acid groups (broad SMARTS) is 1. The van der Waals surface area contributed by atoms with Crippen molar-refractivity contribution in [2.24, 2.45) is 5.41 Å². The van der Waals surface area contributed by atoms with E-state index >= 15 is 0 Å². The van der Waals surface area contributed by atoms with Crippen molar-refractivity contribution in [3.63, 3.8) is 0 Å². The molecule has 6 heteroatoms. The Hall–Kier alpha value is -0.810. The largest absolute Gasteiger partial charge is 0.480 e. The van der Waals surface area contributed by atoms with Gasteiger partial charge in [0.25, 0.3) is 0 Å². The van der Waals surface area contributed by atoms with Gasteiger partial charge in [-0.1, -0.05) is 20.3 Å². The van der Waals surface area contributed by atoms with Crippen LogP contribution in [0.4, 0.5) is 0 Å². The molecular weight excluding hydrogens is 256 g/mol. The maximum Gasteiger partial charge on any atom is 0.322 e. The van der Waals surface area contributed by atoms with Crippen molar-refractivity contribution in [1.29, 1.82) is 0 Å². The Morgan fingerprint density at radius 1 is 1.33 bits per heavy atom. The first-order valence-corrected chi connectivity index (χ1v) is 6.16. The molecule has 1 saturated heterocycles. The van der Waals surface area contributed by atoms with Gasteiger partial charge in [-0.3, -0.25) is 14.5 Å². The number of carbonyl (C=O) groups is 2. The number of amides is 1. The summed E-state index contributed by atoms with van der Waals surface area (Å²) in [7, 11) is 0. The number of hydrogen-bond donors (Lipinski definition) is 2. The van der Waals surface area contributed by atoms with Gasteiger partial charge in [-0.15, -0.1) is 12.4 Å². The number of piperidine rings is 1. The van der Waals surface area contributed by atoms with Crippen molar-refractivity contribution in [1.82, 2.24) is 10.2 Å². The third kappa shape index (κ3) is 5.69. The predicted octanol–water partition coefficient (Wildman–Crippen LogP) is 1.12. The zero-order chi connectivity index (χ0) is 12.9. The van der Waals surface area contributed by atoms with Crippen LogP contribution >= 0.6 is 12.4 Å². The lowest BCUT2D eigenvalue weighted by Crippen LogP contribution is -2.44. The highest BCUT2D eigenvalue weighted by molar-refractivity contribution is 5.85. The highest BCUT2D eigenvalue weighted by Gasteiger charge is 2.28. The monoisotopic (exact) mass is 278 g/mol. The van der Waals surface area contributed by atoms with Crippen molar-refractivity contribution in [3.05, 3.63) is 0 Å². The second kappa shape index (κ2) is 7.59. The van der Waals surface area contributed by atoms with E-state index in [1.165, 1.54) is 6.42 Å². The molecule has 0 saturated carbocycles. The predicted molar refractivity (Wildman–Crippen MR) is 72.0 cm³/mol. The molecule has 0 spiro atoms. The van der Waals surface area contributed by atoms with Crippen LogP contribution in [0.15, 0.2) is 0 Å². The number of aliphatic carboxylic acids is 1. The Labute approximate surface area is 114 Å². The topological polar surface area (TPSA) is 69.6 Å². The minimum atomic E-state index is -1.00. The quantitative estimate of drug-likeness (QED) is 0.791. The molecule has 1 amide bonds. The Morgan fingerprint density at radius 2 is 1.89 bits per heavy atom. The van der Waals surface area contributed by atoms with Crippen molar-refractivity contribution >= 4 is 24.3 Å². The Balaban J connectivity index is 0.00000289. The summed E-state index contributed by atoms with van der Waals surface area (Å²) in [6.07, 6.45) is 3.39. The molecule has 18 heavy (non-hydrogen) atoms. The SMILES string of the molecule is CCC1(C)CCN(CC(=O)NCC(=O)O)CC1.Cl. The van der Waals surface area contributed by atoms with Gasteiger partial charge in [-0.05, 0) is 31.3 Å². The van der Waals surface area contributed by atoms with Crippen molar-refractivity contribution in [3.8, 4) is 0 Å². The fourth-order valence-corrected chi connectivity index (χ4v) is 2.04. The molecule has 0 aromatic heterocycles. The van der Waals surface area contributed by atoms with Gasteiger partial charge in [0.1, 0.15) is 6.54 Å². The van der Waals surface area contributed by atoms with E-state index in [0.29, 0.717) is 12.0 Å². The number of rotatable bonds is 5. The molecule has 0 aromatic rings. The summed E-state index contributed by atoms with van der Waals surface area (Å²) < 4.78 is 0. The zero-order valence-electron chi connectivity index (χ0n) is 11.1. The molecule has 0 aliphatic carbocycles. The number of carboxylic acids is 1. The number of halogens is 1. The summed E-state index contributed by atoms with van der Waals surface area (Å²) in [5, 5.41) is 10.8. The summed E-state index contributed by atoms with van der Waals surface area (Å²) in [6.45, 7) is 6.35. The highest BCUT2D eigenvalue weighted by Crippen LogP contribution is 2.33. The van der Waals surface area contributed by atoms with Gasteiger partial charge in [0, 0.05) is 0 Å². The standard InChI is InChI=1S/C12H22N2O3.ClH/c1-3-12(2)4-6-14(7-5-12)9-10(15)13-8-11(16)17;/h3-9H2,1-2H3,(H,13,15)(H,16,17);1H. The lowest BCUT2D eigenvalue weighted by atomic mass is 9.78. The third-order valence-electron chi connectivity index (χ3n) is 3.72. The first-order valence-electron chi connectivity index (χ1n) is 6.16. The van der Waals surface area contributed by atoms with Crippen molar-refractivity contribution < 1.29 is 14.7 Å². The van der Waals surface area contributed by atoms with Crippen LogP contribution in [-0.2, 0) is 9.59 Å². The first kappa shape index (κ1) is 17.2. The van der Waals surface area contributed by atoms with Crippen molar-refractivity contribution in [2.45, 2.75) is 33.1 Å². The summed E-state index contributed by atoms with van der Waals surface area (Å²) in [4.78, 5) is 23.8. The number of carbonyl (C=O) groups excluding carboxylic acids is 1. The molecule has 1 rings (SSSR count). The molecule has 5 nitrogen and oxygen atoms in total. The van der Waals surface area contributed by atoms with E-state index < -0.39 is 5.97 Å². The van der Waals surface area contributed by atoms with E-state index in [-0.39, 0.29) is 24.9 Å². The molecule has 0 aromatic carbocycles. The van der Waals surface area contributed by atoms with E-state index in [9.17, 15) is 9.59 Å². The fraction of sp³-hybridized carbons (Fsp3) is 0.833. The van der Waals surface area contributed by atoms with Crippen LogP contribution < -0.4 is 5.32 Å². The molecule has 1 heterocycles. The molecule has 0 bridgehead atoms. The molecule has 0 atom stereocenters. The average Bonchev–Trinajstić information content (AvgIpc) is 2.30. The van der Waals surface area contributed by atoms with E-state index in [2.05, 4.69) is 24.1 Å². The Morgan fingerprint density at radius 3 is 2.33 bits per heavy atom. The zero-order valence-corrected chi connectivity index (χ0v) is 11.9. The minimum Gasteiger partial charge on any atom is -0.480 e. The van der Waals surface area contributed by atoms with Crippen LogP contribution in [0, 0.1) is 5.41 Å². The molecule has 2 N–H and O–H groups in total. The second-order valence-corrected chi connectivity index (χ2v) is 5.11. The summed E-state index contributed by atoms with van der Waals surface area (Å²) in [5.41, 5.74) is 0.411. The summed E-state index contributed by atoms with van der Waals surface area (Å²) in [6, 6.07) is 0. The molecule has 0 radical (unpaired) electrons. The Kier molecular flexibility index (Phi) is 7.25. The number of hydrogen-bond acceptors (Lipinski definition) is 3. The fourth-order valence-electron chi connectivity index (χ4n) is 2.04. The van der Waals surface area contributed by atoms with E-state index in [1.54, 1.807) is 0 Å². The van der Waals surface area contributed by atoms with Crippen LogP contribution in [0.5, 0.6) is 0 Å². The molecule has 0 unspecified atom stereocenters. The maximum absolute atomic E-state index is 11.4. The lowest BCUT2D eigenvalue weighted by Gasteiger charge is -2.38. The third-order valence-corrected chi connectivity index (χ3v) is 3.72. The molecule has 1 aliphatic heterocycles. The van der Waals surface area contributed by atoms with Gasteiger partial charge in [0.15, 0.2) is 0 Å². The maximum atomic E-state index is 11.4. The first-order chi connectivity index (χ1) is 7.95. The minimum absolute atomic E-state index is 0. The number of nitrogens with zero attached hydrogens (tertiary/aromatic N) is 1. The van der Waals surface area contributed by atoms with Crippen LogP contribution in [-0.4, -0.2) is 48.1 Å². The van der Waals surface area contributed by atoms with Gasteiger partial charge < -0.3 is 10.4 Å². The van der Waals surface area contributed by atoms with E-state index in [1.807, 2.05) is 0 Å². The normalized spacial score (nSPS) is 18.8. The molecular formula is C12H23ClN2O3. The van der Waals surface area contributed by atoms with Gasteiger partial charge in [-0.2, -0.15) is 0 Å². The van der Waals surface area contributed by atoms with Crippen LogP contribution in [0.3, 0.4) is 0 Å². The molecule has 1 aliphatic rings. The van der Waals surface area contributed by atoms with Gasteiger partial charge in [-0.25, -0.2) is 0 Å². The second-order valence-electron chi connectivity index (χ2n) is 5.11. The Bertz CT molecular complexity index is 289. The van der Waals surface area contributed by atoms with E-state index in [0.717, 1.165) is 25.9 Å². The highest BCUT2D eigenvalue weighted by atomic mass is 35.5. The molecule has 1 fully saturated rings. The van der Waals surface area contributed by atoms with Gasteiger partial charge >= 0.3 is 5.97 Å². The summed E-state index contributed by atoms with van der Waals surface area (Å²) >= 11 is 0. The molecule has 106 valence electrons. The van der Waals surface area contributed by atoms with Gasteiger partial charge in [0.2, 0.25) is 5.91 Å². The van der Waals surface area contributed by atoms with Crippen LogP contribution in [0.25, 0.3) is 0 Å². The van der Waals surface area contributed by atoms with E-state index in [4.69, 9.17) is 5.11 Å². The van der Waals surface area contributed by atoms with Crippen LogP contribution in [0.2, 0.25) is 0 Å². The van der Waals surface area contributed by atoms with Crippen LogP contribution in [0.1, 0.15) is 33.1 Å². The summed E-state index contributed by atoms with van der Waals surface area (Å²) in [5.74, 6) is -1.21. The van der Waals surface area contributed by atoms with Gasteiger partial charge in [0.05, 0.1) is 6.54 Å².